The Kier molecular flexibility index (Phi) is 13.1. The number of primary amides is 2. The maximum absolute atomic E-state index is 12.6. The monoisotopic (exact) mass is 492 g/mol. The molecule has 0 aromatic rings. The SMILES string of the molecule is NC(=O)CCC(NC(=O)C(CS)NC(=O)C(CCC(=O)O)NC(=O)C(N)CC(N)=O)C(=O)O. The van der Waals surface area contributed by atoms with Crippen LogP contribution in [0.1, 0.15) is 32.1 Å². The van der Waals surface area contributed by atoms with E-state index in [-0.39, 0.29) is 25.0 Å². The molecule has 16 heteroatoms. The van der Waals surface area contributed by atoms with Crippen LogP contribution in [0.5, 0.6) is 0 Å². The van der Waals surface area contributed by atoms with Gasteiger partial charge >= 0.3 is 11.9 Å². The fourth-order valence-electron chi connectivity index (χ4n) is 2.41. The average Bonchev–Trinajstić information content (AvgIpc) is 2.70. The van der Waals surface area contributed by atoms with Gasteiger partial charge < -0.3 is 43.4 Å². The molecule has 0 saturated heterocycles. The summed E-state index contributed by atoms with van der Waals surface area (Å²) in [6.45, 7) is 0. The van der Waals surface area contributed by atoms with Gasteiger partial charge in [0.15, 0.2) is 0 Å². The third-order valence-electron chi connectivity index (χ3n) is 4.15. The standard InChI is InChI=1S/C17H28N6O9S/c18-7(5-12(20)25)14(28)21-8(2-4-13(26)27)15(29)23-10(6-33)16(30)22-9(17(31)32)1-3-11(19)24/h7-10,33H,1-6,18H2,(H2,19,24)(H2,20,25)(H,21,28)(H,22,30)(H,23,29)(H,26,27)(H,31,32). The molecule has 0 aliphatic rings. The lowest BCUT2D eigenvalue weighted by Gasteiger charge is -2.24. The van der Waals surface area contributed by atoms with E-state index in [1.807, 2.05) is 0 Å². The van der Waals surface area contributed by atoms with E-state index < -0.39 is 78.5 Å². The Labute approximate surface area is 193 Å². The third-order valence-corrected chi connectivity index (χ3v) is 4.51. The van der Waals surface area contributed by atoms with Crippen LogP contribution in [0.15, 0.2) is 0 Å². The van der Waals surface area contributed by atoms with Gasteiger partial charge in [0.2, 0.25) is 29.5 Å². The van der Waals surface area contributed by atoms with Crippen molar-refractivity contribution in [2.24, 2.45) is 17.2 Å². The summed E-state index contributed by atoms with van der Waals surface area (Å²) in [5, 5.41) is 24.6. The van der Waals surface area contributed by atoms with Crippen LogP contribution in [0, 0.1) is 0 Å². The normalized spacial score (nSPS) is 14.1. The lowest BCUT2D eigenvalue weighted by atomic mass is 10.1. The highest BCUT2D eigenvalue weighted by molar-refractivity contribution is 7.80. The number of nitrogens with two attached hydrogens (primary N) is 3. The molecule has 0 radical (unpaired) electrons. The summed E-state index contributed by atoms with van der Waals surface area (Å²) in [6.07, 6.45) is -2.05. The summed E-state index contributed by atoms with van der Waals surface area (Å²) >= 11 is 3.93. The maximum Gasteiger partial charge on any atom is 0.326 e. The highest BCUT2D eigenvalue weighted by atomic mass is 32.1. The number of carboxylic acids is 2. The van der Waals surface area contributed by atoms with Crippen molar-refractivity contribution in [1.29, 1.82) is 0 Å². The molecule has 0 aliphatic carbocycles. The number of aliphatic carboxylic acids is 2. The molecule has 0 spiro atoms. The van der Waals surface area contributed by atoms with E-state index in [0.29, 0.717) is 0 Å². The van der Waals surface area contributed by atoms with Crippen molar-refractivity contribution >= 4 is 54.1 Å². The van der Waals surface area contributed by atoms with Crippen LogP contribution in [-0.2, 0) is 33.6 Å². The molecule has 0 aromatic carbocycles. The molecule has 15 nitrogen and oxygen atoms in total. The largest absolute Gasteiger partial charge is 0.481 e. The molecular formula is C17H28N6O9S. The number of carbonyl (C=O) groups excluding carboxylic acids is 5. The zero-order valence-electron chi connectivity index (χ0n) is 17.5. The van der Waals surface area contributed by atoms with E-state index in [2.05, 4.69) is 28.6 Å². The van der Waals surface area contributed by atoms with Crippen LogP contribution >= 0.6 is 12.6 Å². The molecule has 0 aromatic heterocycles. The van der Waals surface area contributed by atoms with Gasteiger partial charge in [-0.25, -0.2) is 4.79 Å². The Balaban J connectivity index is 5.31. The van der Waals surface area contributed by atoms with Crippen molar-refractivity contribution in [3.05, 3.63) is 0 Å². The van der Waals surface area contributed by atoms with Crippen molar-refractivity contribution in [3.63, 3.8) is 0 Å². The predicted octanol–water partition coefficient (Wildman–Crippen LogP) is -4.21. The highest BCUT2D eigenvalue weighted by Gasteiger charge is 2.30. The van der Waals surface area contributed by atoms with Gasteiger partial charge in [-0.3, -0.25) is 28.8 Å². The van der Waals surface area contributed by atoms with Gasteiger partial charge in [0.25, 0.3) is 0 Å². The quantitative estimate of drug-likeness (QED) is 0.0936. The Morgan fingerprint density at radius 2 is 1.21 bits per heavy atom. The summed E-state index contributed by atoms with van der Waals surface area (Å²) in [5.41, 5.74) is 15.4. The van der Waals surface area contributed by atoms with Crippen molar-refractivity contribution < 1.29 is 43.8 Å². The minimum atomic E-state index is -1.47. The van der Waals surface area contributed by atoms with Crippen LogP contribution in [0.4, 0.5) is 0 Å². The summed E-state index contributed by atoms with van der Waals surface area (Å²) < 4.78 is 0. The lowest BCUT2D eigenvalue weighted by Crippen LogP contribution is -2.58. The van der Waals surface area contributed by atoms with Crippen LogP contribution in [-0.4, -0.2) is 81.6 Å². The first-order chi connectivity index (χ1) is 15.3. The van der Waals surface area contributed by atoms with Crippen LogP contribution in [0.2, 0.25) is 0 Å². The van der Waals surface area contributed by atoms with Crippen LogP contribution in [0.25, 0.3) is 0 Å². The number of rotatable bonds is 16. The van der Waals surface area contributed by atoms with Crippen LogP contribution in [0.3, 0.4) is 0 Å². The molecule has 5 amide bonds. The zero-order chi connectivity index (χ0) is 25.7. The van der Waals surface area contributed by atoms with Gasteiger partial charge in [-0.1, -0.05) is 0 Å². The van der Waals surface area contributed by atoms with Gasteiger partial charge in [-0.2, -0.15) is 12.6 Å². The number of nitrogens with one attached hydrogen (secondary N) is 3. The molecule has 33 heavy (non-hydrogen) atoms. The van der Waals surface area contributed by atoms with Gasteiger partial charge in [-0.05, 0) is 12.8 Å². The molecule has 0 heterocycles. The first-order valence-electron chi connectivity index (χ1n) is 9.57. The van der Waals surface area contributed by atoms with Gasteiger partial charge in [0.05, 0.1) is 12.5 Å². The topological polar surface area (TPSA) is 274 Å². The number of carboxylic acid groups (broad SMARTS) is 2. The second kappa shape index (κ2) is 14.6. The number of carbonyl (C=O) groups is 7. The molecule has 0 aliphatic heterocycles. The molecule has 4 atom stereocenters. The molecule has 0 saturated carbocycles. The second-order valence-electron chi connectivity index (χ2n) is 6.92. The summed E-state index contributed by atoms with van der Waals surface area (Å²) in [7, 11) is 0. The van der Waals surface area contributed by atoms with E-state index in [9.17, 15) is 38.7 Å². The molecule has 0 bridgehead atoms. The first kappa shape index (κ1) is 29.6. The first-order valence-corrected chi connectivity index (χ1v) is 10.2. The van der Waals surface area contributed by atoms with Crippen LogP contribution < -0.4 is 33.2 Å². The van der Waals surface area contributed by atoms with Crippen molar-refractivity contribution in [3.8, 4) is 0 Å². The van der Waals surface area contributed by atoms with E-state index >= 15 is 0 Å². The lowest BCUT2D eigenvalue weighted by molar-refractivity contribution is -0.142. The predicted molar refractivity (Wildman–Crippen MR) is 114 cm³/mol. The summed E-state index contributed by atoms with van der Waals surface area (Å²) in [5.74, 6) is -7.54. The summed E-state index contributed by atoms with van der Waals surface area (Å²) in [6, 6.07) is -5.69. The highest BCUT2D eigenvalue weighted by Crippen LogP contribution is 2.03. The molecule has 186 valence electrons. The number of hydrogen-bond acceptors (Lipinski definition) is 9. The van der Waals surface area contributed by atoms with Crippen molar-refractivity contribution in [2.45, 2.75) is 56.3 Å². The molecule has 4 unspecified atom stereocenters. The molecular weight excluding hydrogens is 464 g/mol. The maximum atomic E-state index is 12.6. The van der Waals surface area contributed by atoms with E-state index in [0.717, 1.165) is 0 Å². The fraction of sp³-hybridized carbons (Fsp3) is 0.588. The van der Waals surface area contributed by atoms with E-state index in [1.165, 1.54) is 0 Å². The Bertz CT molecular complexity index is 778. The minimum absolute atomic E-state index is 0.291. The fourth-order valence-corrected chi connectivity index (χ4v) is 2.66. The zero-order valence-corrected chi connectivity index (χ0v) is 18.4. The number of thiol groups is 1. The Morgan fingerprint density at radius 1 is 0.727 bits per heavy atom. The average molecular weight is 493 g/mol. The van der Waals surface area contributed by atoms with Gasteiger partial charge in [-0.15, -0.1) is 0 Å². The second-order valence-corrected chi connectivity index (χ2v) is 7.28. The Morgan fingerprint density at radius 3 is 1.67 bits per heavy atom. The third kappa shape index (κ3) is 12.3. The summed E-state index contributed by atoms with van der Waals surface area (Å²) in [4.78, 5) is 81.0. The molecule has 11 N–H and O–H groups in total. The molecule has 0 fully saturated rings. The number of hydrogen-bond donors (Lipinski definition) is 9. The van der Waals surface area contributed by atoms with E-state index in [4.69, 9.17) is 22.3 Å². The van der Waals surface area contributed by atoms with Crippen molar-refractivity contribution in [2.75, 3.05) is 5.75 Å². The number of amides is 5. The smallest absolute Gasteiger partial charge is 0.326 e. The van der Waals surface area contributed by atoms with E-state index in [1.54, 1.807) is 0 Å². The Hall–Kier alpha value is -3.40. The molecule has 0 rings (SSSR count). The van der Waals surface area contributed by atoms with Crippen molar-refractivity contribution in [1.82, 2.24) is 16.0 Å². The van der Waals surface area contributed by atoms with Gasteiger partial charge in [0, 0.05) is 18.6 Å². The van der Waals surface area contributed by atoms with Gasteiger partial charge in [0.1, 0.15) is 18.1 Å². The minimum Gasteiger partial charge on any atom is -0.481 e.